The standard InChI is InChI=1S/C26H30N4O4/c1-2-33-26(32)24-20-17-29(25(31)23-19-12-6-7-13-22(19)34-28-23)16-14-21(20)30(27-24)15-8-11-18-9-4-3-5-10-18/h3-5,9-10H,2,6-8,11-17H2,1H3. The van der Waals surface area contributed by atoms with E-state index in [0.717, 1.165) is 61.1 Å². The molecule has 0 bridgehead atoms. The van der Waals surface area contributed by atoms with Crippen molar-refractivity contribution in [3.8, 4) is 0 Å². The van der Waals surface area contributed by atoms with Crippen molar-refractivity contribution < 1.29 is 18.8 Å². The number of esters is 1. The van der Waals surface area contributed by atoms with Crippen LogP contribution in [0, 0.1) is 0 Å². The fraction of sp³-hybridized carbons (Fsp3) is 0.462. The molecule has 0 N–H and O–H groups in total. The van der Waals surface area contributed by atoms with Crippen LogP contribution in [0.3, 0.4) is 0 Å². The van der Waals surface area contributed by atoms with Gasteiger partial charge in [0.2, 0.25) is 0 Å². The number of nitrogens with zero attached hydrogens (tertiary/aromatic N) is 4. The molecular formula is C26H30N4O4. The van der Waals surface area contributed by atoms with E-state index in [-0.39, 0.29) is 12.5 Å². The first-order valence-electron chi connectivity index (χ1n) is 12.2. The number of aryl methyl sites for hydroxylation is 3. The molecule has 1 amide bonds. The van der Waals surface area contributed by atoms with Crippen LogP contribution in [0.5, 0.6) is 0 Å². The molecule has 1 aliphatic heterocycles. The molecule has 8 nitrogen and oxygen atoms in total. The minimum atomic E-state index is -0.436. The number of carbonyl (C=O) groups is 2. The lowest BCUT2D eigenvalue weighted by Gasteiger charge is -2.27. The summed E-state index contributed by atoms with van der Waals surface area (Å²) >= 11 is 0. The van der Waals surface area contributed by atoms with Gasteiger partial charge >= 0.3 is 5.97 Å². The molecule has 1 aliphatic carbocycles. The zero-order valence-corrected chi connectivity index (χ0v) is 19.6. The topological polar surface area (TPSA) is 90.5 Å². The molecule has 0 spiro atoms. The highest BCUT2D eigenvalue weighted by molar-refractivity contribution is 5.94. The molecule has 5 rings (SSSR count). The smallest absolute Gasteiger partial charge is 0.359 e. The van der Waals surface area contributed by atoms with Gasteiger partial charge in [0.1, 0.15) is 5.76 Å². The monoisotopic (exact) mass is 462 g/mol. The molecule has 2 aliphatic rings. The zero-order valence-electron chi connectivity index (χ0n) is 19.6. The van der Waals surface area contributed by atoms with E-state index in [2.05, 4.69) is 22.4 Å². The van der Waals surface area contributed by atoms with E-state index >= 15 is 0 Å². The van der Waals surface area contributed by atoms with Gasteiger partial charge in [0.05, 0.1) is 13.2 Å². The summed E-state index contributed by atoms with van der Waals surface area (Å²) in [6.07, 6.45) is 6.25. The van der Waals surface area contributed by atoms with Gasteiger partial charge in [0.15, 0.2) is 11.4 Å². The highest BCUT2D eigenvalue weighted by Gasteiger charge is 2.33. The van der Waals surface area contributed by atoms with Crippen LogP contribution in [0.1, 0.15) is 75.3 Å². The fourth-order valence-corrected chi connectivity index (χ4v) is 4.99. The molecule has 8 heteroatoms. The normalized spacial score (nSPS) is 15.0. The van der Waals surface area contributed by atoms with Crippen LogP contribution in [0.4, 0.5) is 0 Å². The van der Waals surface area contributed by atoms with Gasteiger partial charge in [-0.1, -0.05) is 35.5 Å². The second-order valence-corrected chi connectivity index (χ2v) is 8.92. The Labute approximate surface area is 198 Å². The van der Waals surface area contributed by atoms with Crippen molar-refractivity contribution in [2.45, 2.75) is 65.0 Å². The van der Waals surface area contributed by atoms with Crippen molar-refractivity contribution in [1.82, 2.24) is 19.8 Å². The van der Waals surface area contributed by atoms with Crippen molar-refractivity contribution in [1.29, 1.82) is 0 Å². The maximum atomic E-state index is 13.3. The second-order valence-electron chi connectivity index (χ2n) is 8.92. The lowest BCUT2D eigenvalue weighted by Crippen LogP contribution is -2.37. The largest absolute Gasteiger partial charge is 0.461 e. The summed E-state index contributed by atoms with van der Waals surface area (Å²) < 4.78 is 12.7. The highest BCUT2D eigenvalue weighted by atomic mass is 16.5. The second kappa shape index (κ2) is 9.83. The number of benzene rings is 1. The van der Waals surface area contributed by atoms with Crippen molar-refractivity contribution >= 4 is 11.9 Å². The molecule has 34 heavy (non-hydrogen) atoms. The number of amides is 1. The Morgan fingerprint density at radius 2 is 1.88 bits per heavy atom. The minimum Gasteiger partial charge on any atom is -0.461 e. The zero-order chi connectivity index (χ0) is 23.5. The Bertz CT molecular complexity index is 1180. The van der Waals surface area contributed by atoms with Crippen molar-refractivity contribution in [2.24, 2.45) is 0 Å². The summed E-state index contributed by atoms with van der Waals surface area (Å²) in [5, 5.41) is 8.75. The van der Waals surface area contributed by atoms with E-state index in [9.17, 15) is 9.59 Å². The third-order valence-corrected chi connectivity index (χ3v) is 6.72. The van der Waals surface area contributed by atoms with Crippen LogP contribution in [-0.4, -0.2) is 44.9 Å². The van der Waals surface area contributed by atoms with Crippen LogP contribution >= 0.6 is 0 Å². The van der Waals surface area contributed by atoms with Crippen LogP contribution in [0.15, 0.2) is 34.9 Å². The third-order valence-electron chi connectivity index (χ3n) is 6.72. The lowest BCUT2D eigenvalue weighted by molar-refractivity contribution is 0.0512. The molecule has 0 atom stereocenters. The average Bonchev–Trinajstić information content (AvgIpc) is 3.46. The molecule has 0 saturated heterocycles. The Balaban J connectivity index is 1.36. The Hall–Kier alpha value is -3.42. The van der Waals surface area contributed by atoms with Gasteiger partial charge < -0.3 is 14.2 Å². The summed E-state index contributed by atoms with van der Waals surface area (Å²) in [5.41, 5.74) is 4.77. The van der Waals surface area contributed by atoms with Crippen LogP contribution in [0.2, 0.25) is 0 Å². The molecule has 3 aromatic rings. The van der Waals surface area contributed by atoms with E-state index in [1.807, 2.05) is 22.9 Å². The molecule has 1 aromatic carbocycles. The number of fused-ring (bicyclic) bond motifs is 2. The summed E-state index contributed by atoms with van der Waals surface area (Å²) in [5.74, 6) is 0.267. The van der Waals surface area contributed by atoms with Gasteiger partial charge in [-0.15, -0.1) is 0 Å². The number of hydrogen-bond donors (Lipinski definition) is 0. The van der Waals surface area contributed by atoms with Crippen LogP contribution < -0.4 is 0 Å². The summed E-state index contributed by atoms with van der Waals surface area (Å²) in [6, 6.07) is 10.3. The summed E-state index contributed by atoms with van der Waals surface area (Å²) in [7, 11) is 0. The Morgan fingerprint density at radius 1 is 1.06 bits per heavy atom. The predicted octanol–water partition coefficient (Wildman–Crippen LogP) is 3.76. The van der Waals surface area contributed by atoms with Crippen molar-refractivity contribution in [3.05, 3.63) is 69.9 Å². The number of carbonyl (C=O) groups excluding carboxylic acids is 2. The molecule has 2 aromatic heterocycles. The number of hydrogen-bond acceptors (Lipinski definition) is 6. The molecule has 0 saturated carbocycles. The van der Waals surface area contributed by atoms with E-state index in [1.54, 1.807) is 11.8 Å². The maximum absolute atomic E-state index is 13.3. The Morgan fingerprint density at radius 3 is 2.71 bits per heavy atom. The first-order valence-corrected chi connectivity index (χ1v) is 12.2. The maximum Gasteiger partial charge on any atom is 0.359 e. The molecule has 0 fully saturated rings. The third kappa shape index (κ3) is 4.36. The van der Waals surface area contributed by atoms with Crippen molar-refractivity contribution in [3.63, 3.8) is 0 Å². The Kier molecular flexibility index (Phi) is 6.47. The minimum absolute atomic E-state index is 0.135. The van der Waals surface area contributed by atoms with Gasteiger partial charge in [-0.25, -0.2) is 4.79 Å². The van der Waals surface area contributed by atoms with E-state index in [4.69, 9.17) is 9.26 Å². The summed E-state index contributed by atoms with van der Waals surface area (Å²) in [4.78, 5) is 27.8. The quantitative estimate of drug-likeness (QED) is 0.497. The molecule has 0 radical (unpaired) electrons. The van der Waals surface area contributed by atoms with Gasteiger partial charge in [-0.2, -0.15) is 5.10 Å². The van der Waals surface area contributed by atoms with Crippen molar-refractivity contribution in [2.75, 3.05) is 13.2 Å². The van der Waals surface area contributed by atoms with Gasteiger partial charge in [-0.05, 0) is 44.6 Å². The molecule has 3 heterocycles. The van der Waals surface area contributed by atoms with E-state index in [1.165, 1.54) is 5.56 Å². The lowest BCUT2D eigenvalue weighted by atomic mass is 9.95. The number of aromatic nitrogens is 3. The first-order chi connectivity index (χ1) is 16.7. The predicted molar refractivity (Wildman–Crippen MR) is 125 cm³/mol. The highest BCUT2D eigenvalue weighted by Crippen LogP contribution is 2.28. The SMILES string of the molecule is CCOC(=O)c1nn(CCCc2ccccc2)c2c1CN(C(=O)c1noc3c1CCCC3)CC2. The van der Waals surface area contributed by atoms with Crippen LogP contribution in [-0.2, 0) is 43.5 Å². The average molecular weight is 463 g/mol. The first kappa shape index (κ1) is 22.4. The van der Waals surface area contributed by atoms with Gasteiger partial charge in [0, 0.05) is 42.8 Å². The van der Waals surface area contributed by atoms with E-state index < -0.39 is 5.97 Å². The van der Waals surface area contributed by atoms with Crippen LogP contribution in [0.25, 0.3) is 0 Å². The molecular weight excluding hydrogens is 432 g/mol. The molecule has 0 unspecified atom stereocenters. The fourth-order valence-electron chi connectivity index (χ4n) is 4.99. The van der Waals surface area contributed by atoms with Gasteiger partial charge in [0.25, 0.3) is 5.91 Å². The van der Waals surface area contributed by atoms with E-state index in [0.29, 0.717) is 37.4 Å². The summed E-state index contributed by atoms with van der Waals surface area (Å²) in [6.45, 7) is 3.65. The number of ether oxygens (including phenoxy) is 1. The van der Waals surface area contributed by atoms with Gasteiger partial charge in [-0.3, -0.25) is 9.48 Å². The number of rotatable bonds is 7. The molecule has 178 valence electrons.